The normalized spacial score (nSPS) is 25.4. The van der Waals surface area contributed by atoms with Crippen molar-refractivity contribution in [2.75, 3.05) is 64.2 Å². The topological polar surface area (TPSA) is 137 Å². The Kier molecular flexibility index (Phi) is 7.98. The second-order valence-corrected chi connectivity index (χ2v) is 13.2. The Morgan fingerprint density at radius 2 is 2.04 bits per heavy atom. The maximum absolute atomic E-state index is 17.0. The highest BCUT2D eigenvalue weighted by Gasteiger charge is 2.38. The highest BCUT2D eigenvalue weighted by molar-refractivity contribution is 6.33. The number of morpholine rings is 1. The summed E-state index contributed by atoms with van der Waals surface area (Å²) in [6.07, 6.45) is 5.19. The van der Waals surface area contributed by atoms with E-state index in [9.17, 15) is 4.79 Å². The van der Waals surface area contributed by atoms with Crippen molar-refractivity contribution in [3.8, 4) is 17.3 Å². The predicted octanol–water partition coefficient (Wildman–Crippen LogP) is 4.30. The zero-order chi connectivity index (χ0) is 32.1. The molecular formula is C32H35ClFN7O6. The summed E-state index contributed by atoms with van der Waals surface area (Å²) < 4.78 is 46.1. The third-order valence-electron chi connectivity index (χ3n) is 9.52. The van der Waals surface area contributed by atoms with Gasteiger partial charge < -0.3 is 28.6 Å². The Morgan fingerprint density at radius 3 is 2.96 bits per heavy atom. The molecule has 9 rings (SSSR count). The molecule has 0 saturated carbocycles. The molecule has 3 aromatic heterocycles. The highest BCUT2D eigenvalue weighted by Crippen LogP contribution is 2.40. The van der Waals surface area contributed by atoms with Crippen LogP contribution in [0.4, 0.5) is 15.0 Å². The summed E-state index contributed by atoms with van der Waals surface area (Å²) in [5.41, 5.74) is 0.858. The van der Waals surface area contributed by atoms with Crippen molar-refractivity contribution < 1.29 is 32.9 Å². The number of ether oxygens (including phenoxy) is 5. The largest absolute Gasteiger partial charge is 0.508 e. The Bertz CT molecular complexity index is 1840. The molecule has 5 aliphatic rings. The summed E-state index contributed by atoms with van der Waals surface area (Å²) in [6.45, 7) is 5.53. The molecule has 0 amide bonds. The van der Waals surface area contributed by atoms with Gasteiger partial charge in [0.2, 0.25) is 0 Å². The third kappa shape index (κ3) is 5.70. The van der Waals surface area contributed by atoms with Crippen molar-refractivity contribution in [1.82, 2.24) is 30.0 Å². The van der Waals surface area contributed by atoms with Crippen LogP contribution in [0.25, 0.3) is 33.1 Å². The Hall–Kier alpha value is -3.85. The van der Waals surface area contributed by atoms with Crippen molar-refractivity contribution in [2.45, 2.75) is 50.3 Å². The lowest BCUT2D eigenvalue weighted by Crippen LogP contribution is -2.47. The summed E-state index contributed by atoms with van der Waals surface area (Å²) >= 11 is 6.78. The maximum Gasteiger partial charge on any atom is 0.508 e. The standard InChI is InChI=1S/C32H35ClFN7O6/c1-32-16-40(6-9-44-17-32)29-22-12-35-28(25-20(3-2-8-45-31(42)47-32)23(33)11-24-21(25)13-36-39-24)26(34)27(22)37-30(38-29)46-15-19-5-4-18-14-43-10-7-41(18)19/h11-13,18-19H,2-10,14-17H2,1H3,(H,36,39)/t18?,19?,32-/m0/s1. The van der Waals surface area contributed by atoms with Crippen molar-refractivity contribution in [3.63, 3.8) is 0 Å². The molecule has 6 bridgehead atoms. The molecule has 2 unspecified atom stereocenters. The van der Waals surface area contributed by atoms with Crippen LogP contribution in [0.3, 0.4) is 0 Å². The number of nitrogens with one attached hydrogen (secondary N) is 1. The number of nitrogens with zero attached hydrogens (tertiary/aromatic N) is 6. The third-order valence-corrected chi connectivity index (χ3v) is 9.86. The molecule has 5 aliphatic heterocycles. The summed E-state index contributed by atoms with van der Waals surface area (Å²) in [5, 5.41) is 8.57. The van der Waals surface area contributed by atoms with E-state index in [2.05, 4.69) is 25.1 Å². The van der Waals surface area contributed by atoms with E-state index in [0.29, 0.717) is 83.5 Å². The molecule has 3 saturated heterocycles. The quantitative estimate of drug-likeness (QED) is 0.312. The number of pyridine rings is 1. The molecule has 15 heteroatoms. The number of anilines is 1. The van der Waals surface area contributed by atoms with Crippen LogP contribution in [0.5, 0.6) is 6.01 Å². The van der Waals surface area contributed by atoms with Gasteiger partial charge in [0.25, 0.3) is 0 Å². The van der Waals surface area contributed by atoms with Gasteiger partial charge in [-0.25, -0.2) is 9.18 Å². The molecule has 4 aromatic rings. The van der Waals surface area contributed by atoms with Crippen LogP contribution >= 0.6 is 11.6 Å². The fourth-order valence-corrected chi connectivity index (χ4v) is 7.58. The van der Waals surface area contributed by atoms with Gasteiger partial charge in [-0.1, -0.05) is 11.6 Å². The average Bonchev–Trinajstić information content (AvgIpc) is 3.65. The first-order valence-electron chi connectivity index (χ1n) is 16.0. The van der Waals surface area contributed by atoms with Gasteiger partial charge in [0, 0.05) is 47.3 Å². The van der Waals surface area contributed by atoms with Crippen LogP contribution in [-0.4, -0.2) is 113 Å². The zero-order valence-electron chi connectivity index (χ0n) is 26.0. The van der Waals surface area contributed by atoms with Crippen LogP contribution < -0.4 is 9.64 Å². The van der Waals surface area contributed by atoms with E-state index in [1.807, 2.05) is 4.90 Å². The highest BCUT2D eigenvalue weighted by atomic mass is 35.5. The number of H-pyrrole nitrogens is 1. The van der Waals surface area contributed by atoms with E-state index in [1.165, 1.54) is 0 Å². The number of benzene rings is 1. The van der Waals surface area contributed by atoms with Crippen LogP contribution in [0, 0.1) is 5.82 Å². The van der Waals surface area contributed by atoms with Gasteiger partial charge in [-0.3, -0.25) is 15.0 Å². The molecule has 47 heavy (non-hydrogen) atoms. The summed E-state index contributed by atoms with van der Waals surface area (Å²) in [5.74, 6) is -0.223. The van der Waals surface area contributed by atoms with E-state index >= 15 is 4.39 Å². The minimum Gasteiger partial charge on any atom is -0.462 e. The lowest BCUT2D eigenvalue weighted by atomic mass is 9.95. The summed E-state index contributed by atoms with van der Waals surface area (Å²) in [4.78, 5) is 31.3. The van der Waals surface area contributed by atoms with Crippen LogP contribution in [-0.2, 0) is 25.4 Å². The average molecular weight is 668 g/mol. The Balaban J connectivity index is 1.28. The molecule has 1 N–H and O–H groups in total. The number of hydrogen-bond donors (Lipinski definition) is 1. The SMILES string of the molecule is C[C@@]12COCCN(C1)c1nc(OCC3CCC4COCCN43)nc3c(F)c(ncc13)-c1c(c(Cl)cc3[nH]ncc13)CCCOC(=O)O2. The maximum atomic E-state index is 17.0. The van der Waals surface area contributed by atoms with Crippen molar-refractivity contribution >= 4 is 45.4 Å². The van der Waals surface area contributed by atoms with Gasteiger partial charge in [-0.15, -0.1) is 0 Å². The van der Waals surface area contributed by atoms with Gasteiger partial charge in [-0.05, 0) is 44.2 Å². The number of hydrogen-bond acceptors (Lipinski definition) is 12. The molecule has 13 nitrogen and oxygen atoms in total. The smallest absolute Gasteiger partial charge is 0.462 e. The molecule has 8 heterocycles. The van der Waals surface area contributed by atoms with Crippen molar-refractivity contribution in [1.29, 1.82) is 0 Å². The molecule has 0 aliphatic carbocycles. The first-order chi connectivity index (χ1) is 22.9. The second-order valence-electron chi connectivity index (χ2n) is 12.8. The number of halogens is 2. The zero-order valence-corrected chi connectivity index (χ0v) is 26.7. The Labute approximate surface area is 274 Å². The fourth-order valence-electron chi connectivity index (χ4n) is 7.28. The number of aromatic amines is 1. The van der Waals surface area contributed by atoms with Gasteiger partial charge >= 0.3 is 12.2 Å². The van der Waals surface area contributed by atoms with Crippen molar-refractivity contribution in [3.05, 3.63) is 34.9 Å². The summed E-state index contributed by atoms with van der Waals surface area (Å²) in [7, 11) is 0. The minimum atomic E-state index is -1.08. The van der Waals surface area contributed by atoms with E-state index in [0.717, 1.165) is 26.0 Å². The summed E-state index contributed by atoms with van der Waals surface area (Å²) in [6, 6.07) is 2.35. The number of aromatic nitrogens is 5. The fraction of sp³-hybridized carbons (Fsp3) is 0.531. The minimum absolute atomic E-state index is 0.0494. The molecule has 0 spiro atoms. The number of carbonyl (C=O) groups excluding carboxylic acids is 1. The Morgan fingerprint density at radius 1 is 1.15 bits per heavy atom. The number of rotatable bonds is 3. The van der Waals surface area contributed by atoms with Crippen LogP contribution in [0.15, 0.2) is 18.5 Å². The van der Waals surface area contributed by atoms with Gasteiger partial charge in [0.05, 0.1) is 56.7 Å². The van der Waals surface area contributed by atoms with Gasteiger partial charge in [0.15, 0.2) is 11.4 Å². The second kappa shape index (κ2) is 12.3. The monoisotopic (exact) mass is 667 g/mol. The molecule has 1 aromatic carbocycles. The lowest BCUT2D eigenvalue weighted by Gasteiger charge is -2.33. The lowest BCUT2D eigenvalue weighted by molar-refractivity contribution is -0.0575. The molecular weight excluding hydrogens is 633 g/mol. The van der Waals surface area contributed by atoms with Crippen LogP contribution in [0.1, 0.15) is 31.7 Å². The first-order valence-corrected chi connectivity index (χ1v) is 16.4. The van der Waals surface area contributed by atoms with E-state index in [4.69, 9.17) is 40.3 Å². The number of fused-ring (bicyclic) bond motifs is 8. The molecule has 0 radical (unpaired) electrons. The first kappa shape index (κ1) is 30.5. The van der Waals surface area contributed by atoms with Crippen molar-refractivity contribution in [2.24, 2.45) is 0 Å². The van der Waals surface area contributed by atoms with E-state index < -0.39 is 17.6 Å². The molecule has 3 atom stereocenters. The number of carbonyl (C=O) groups is 1. The predicted molar refractivity (Wildman–Crippen MR) is 169 cm³/mol. The van der Waals surface area contributed by atoms with E-state index in [-0.39, 0.29) is 43.0 Å². The van der Waals surface area contributed by atoms with E-state index in [1.54, 1.807) is 25.4 Å². The van der Waals surface area contributed by atoms with Crippen LogP contribution in [0.2, 0.25) is 5.02 Å². The van der Waals surface area contributed by atoms with Gasteiger partial charge in [-0.2, -0.15) is 15.1 Å². The molecule has 3 fully saturated rings. The van der Waals surface area contributed by atoms with Gasteiger partial charge in [0.1, 0.15) is 23.6 Å². The molecule has 248 valence electrons.